The number of alkyl halides is 6. The van der Waals surface area contributed by atoms with Gasteiger partial charge in [0.25, 0.3) is 0 Å². The highest BCUT2D eigenvalue weighted by Gasteiger charge is 2.42. The molecule has 27 heavy (non-hydrogen) atoms. The predicted molar refractivity (Wildman–Crippen MR) is 86.5 cm³/mol. The molecule has 0 fully saturated rings. The second-order valence-electron chi connectivity index (χ2n) is 5.98. The van der Waals surface area contributed by atoms with E-state index >= 15 is 0 Å². The van der Waals surface area contributed by atoms with Crippen LogP contribution >= 0.6 is 0 Å². The fourth-order valence-electron chi connectivity index (χ4n) is 2.62. The Morgan fingerprint density at radius 3 is 1.33 bits per heavy atom. The van der Waals surface area contributed by atoms with Gasteiger partial charge in [-0.05, 0) is 52.9 Å². The number of nitrogen functional groups attached to an aromatic ring is 2. The summed E-state index contributed by atoms with van der Waals surface area (Å²) in [5.74, 6) is 0. The minimum atomic E-state index is -4.99. The Kier molecular flexibility index (Phi) is 5.62. The molecule has 0 aromatic heterocycles. The first kappa shape index (κ1) is 20.8. The number of hydrogen-bond donors (Lipinski definition) is 4. The van der Waals surface area contributed by atoms with Crippen molar-refractivity contribution >= 4 is 11.4 Å². The van der Waals surface area contributed by atoms with E-state index in [2.05, 4.69) is 0 Å². The third-order valence-electron chi connectivity index (χ3n) is 3.93. The van der Waals surface area contributed by atoms with Crippen LogP contribution in [0.1, 0.15) is 34.5 Å². The Hall–Kier alpha value is -2.46. The maximum Gasteiger partial charge on any atom is 0.418 e. The van der Waals surface area contributed by atoms with Gasteiger partial charge in [-0.1, -0.05) is 12.1 Å². The Labute approximate surface area is 150 Å². The van der Waals surface area contributed by atoms with Crippen molar-refractivity contribution in [3.63, 3.8) is 0 Å². The molecule has 10 heteroatoms. The second kappa shape index (κ2) is 7.28. The molecular formula is C17H16F6N2O2. The number of hydrogen-bond acceptors (Lipinski definition) is 4. The molecule has 2 aromatic rings. The van der Waals surface area contributed by atoms with E-state index in [0.29, 0.717) is 0 Å². The van der Waals surface area contributed by atoms with Crippen LogP contribution in [0, 0.1) is 0 Å². The van der Waals surface area contributed by atoms with Crippen LogP contribution in [0.5, 0.6) is 0 Å². The maximum absolute atomic E-state index is 12.9. The largest absolute Gasteiger partial charge is 0.418 e. The average Bonchev–Trinajstić information content (AvgIpc) is 2.54. The lowest BCUT2D eigenvalue weighted by Gasteiger charge is -2.22. The van der Waals surface area contributed by atoms with Gasteiger partial charge < -0.3 is 21.7 Å². The highest BCUT2D eigenvalue weighted by molar-refractivity contribution is 5.51. The van der Waals surface area contributed by atoms with Gasteiger partial charge in [-0.15, -0.1) is 0 Å². The fourth-order valence-corrected chi connectivity index (χ4v) is 2.62. The number of anilines is 2. The first-order valence-electron chi connectivity index (χ1n) is 7.57. The quantitative estimate of drug-likeness (QED) is 0.471. The molecule has 2 rings (SSSR count). The van der Waals surface area contributed by atoms with Crippen LogP contribution in [0.3, 0.4) is 0 Å². The zero-order valence-electron chi connectivity index (χ0n) is 13.6. The second-order valence-corrected chi connectivity index (χ2v) is 5.98. The van der Waals surface area contributed by atoms with Crippen molar-refractivity contribution in [1.82, 2.24) is 0 Å². The van der Waals surface area contributed by atoms with Gasteiger partial charge in [0.1, 0.15) is 0 Å². The number of halogens is 6. The molecule has 0 saturated carbocycles. The van der Waals surface area contributed by atoms with E-state index in [-0.39, 0.29) is 22.5 Å². The summed E-state index contributed by atoms with van der Waals surface area (Å²) in [6.45, 7) is 0. The van der Waals surface area contributed by atoms with E-state index < -0.39 is 42.1 Å². The number of rotatable bonds is 4. The van der Waals surface area contributed by atoms with Crippen molar-refractivity contribution < 1.29 is 36.6 Å². The monoisotopic (exact) mass is 394 g/mol. The summed E-state index contributed by atoms with van der Waals surface area (Å²) in [5.41, 5.74) is 9.51. The van der Waals surface area contributed by atoms with Crippen molar-refractivity contribution in [3.8, 4) is 0 Å². The van der Waals surface area contributed by atoms with Crippen LogP contribution in [0.15, 0.2) is 36.4 Å². The van der Waals surface area contributed by atoms with Crippen LogP contribution in [0.2, 0.25) is 0 Å². The molecule has 0 aliphatic heterocycles. The summed E-state index contributed by atoms with van der Waals surface area (Å²) in [4.78, 5) is 0. The molecule has 4 nitrogen and oxygen atoms in total. The van der Waals surface area contributed by atoms with Crippen molar-refractivity contribution in [2.75, 3.05) is 11.5 Å². The molecule has 0 saturated heterocycles. The topological polar surface area (TPSA) is 92.5 Å². The van der Waals surface area contributed by atoms with Gasteiger partial charge in [-0.25, -0.2) is 0 Å². The Morgan fingerprint density at radius 2 is 1.04 bits per heavy atom. The van der Waals surface area contributed by atoms with E-state index in [1.807, 2.05) is 0 Å². The Bertz CT molecular complexity index is 753. The molecule has 0 amide bonds. The van der Waals surface area contributed by atoms with E-state index in [4.69, 9.17) is 11.5 Å². The van der Waals surface area contributed by atoms with Gasteiger partial charge in [0.05, 0.1) is 0 Å². The molecule has 2 aromatic carbocycles. The summed E-state index contributed by atoms with van der Waals surface area (Å²) < 4.78 is 77.4. The highest BCUT2D eigenvalue weighted by atomic mass is 19.4. The maximum atomic E-state index is 12.9. The molecule has 6 N–H and O–H groups in total. The van der Waals surface area contributed by atoms with Crippen molar-refractivity contribution in [2.45, 2.75) is 31.0 Å². The first-order valence-corrected chi connectivity index (χ1v) is 7.57. The van der Waals surface area contributed by atoms with E-state index in [1.54, 1.807) is 0 Å². The van der Waals surface area contributed by atoms with Gasteiger partial charge in [-0.2, -0.15) is 26.3 Å². The molecule has 0 aliphatic carbocycles. The Balaban J connectivity index is 2.53. The SMILES string of the molecule is Nc1ccc(Cc2ccc(N)cc2C(O)C(F)(F)F)c(C(O)C(F)(F)F)c1. The standard InChI is InChI=1S/C17H16F6N2O2/c18-16(19,20)14(26)12-6-10(24)3-1-8(12)5-9-2-4-11(25)7-13(9)15(27)17(21,22)23/h1-4,6-7,14-15,26-27H,5,24-25H2. The molecule has 0 bridgehead atoms. The van der Waals surface area contributed by atoms with Crippen LogP contribution in [-0.2, 0) is 6.42 Å². The molecular weight excluding hydrogens is 378 g/mol. The van der Waals surface area contributed by atoms with Crippen LogP contribution in [0.4, 0.5) is 37.7 Å². The summed E-state index contributed by atoms with van der Waals surface area (Å²) in [7, 11) is 0. The van der Waals surface area contributed by atoms with Crippen molar-refractivity contribution in [2.24, 2.45) is 0 Å². The normalized spacial score (nSPS) is 14.8. The smallest absolute Gasteiger partial charge is 0.399 e. The average molecular weight is 394 g/mol. The minimum Gasteiger partial charge on any atom is -0.399 e. The molecule has 0 heterocycles. The van der Waals surface area contributed by atoms with Crippen LogP contribution in [-0.4, -0.2) is 22.6 Å². The molecule has 0 spiro atoms. The van der Waals surface area contributed by atoms with Crippen LogP contribution < -0.4 is 11.5 Å². The summed E-state index contributed by atoms with van der Waals surface area (Å²) in [5, 5.41) is 19.1. The lowest BCUT2D eigenvalue weighted by atomic mass is 9.91. The van der Waals surface area contributed by atoms with Crippen molar-refractivity contribution in [3.05, 3.63) is 58.7 Å². The molecule has 148 valence electrons. The van der Waals surface area contributed by atoms with Crippen LogP contribution in [0.25, 0.3) is 0 Å². The highest BCUT2D eigenvalue weighted by Crippen LogP contribution is 2.38. The van der Waals surface area contributed by atoms with E-state index in [0.717, 1.165) is 12.1 Å². The third-order valence-corrected chi connectivity index (χ3v) is 3.93. The van der Waals surface area contributed by atoms with E-state index in [1.165, 1.54) is 24.3 Å². The number of aliphatic hydroxyl groups excluding tert-OH is 2. The number of benzene rings is 2. The van der Waals surface area contributed by atoms with Crippen molar-refractivity contribution in [1.29, 1.82) is 0 Å². The molecule has 0 radical (unpaired) electrons. The van der Waals surface area contributed by atoms with Gasteiger partial charge in [0.2, 0.25) is 0 Å². The third kappa shape index (κ3) is 4.83. The van der Waals surface area contributed by atoms with E-state index in [9.17, 15) is 36.6 Å². The van der Waals surface area contributed by atoms with Gasteiger partial charge in [0.15, 0.2) is 12.2 Å². The van der Waals surface area contributed by atoms with Gasteiger partial charge in [-0.3, -0.25) is 0 Å². The lowest BCUT2D eigenvalue weighted by Crippen LogP contribution is -2.23. The number of aliphatic hydroxyl groups is 2. The molecule has 0 aliphatic rings. The summed E-state index contributed by atoms with van der Waals surface area (Å²) >= 11 is 0. The Morgan fingerprint density at radius 1 is 0.704 bits per heavy atom. The minimum absolute atomic E-state index is 0.0510. The lowest BCUT2D eigenvalue weighted by molar-refractivity contribution is -0.207. The number of nitrogens with two attached hydrogens (primary N) is 2. The summed E-state index contributed by atoms with van der Waals surface area (Å²) in [6.07, 6.45) is -16.1. The van der Waals surface area contributed by atoms with Gasteiger partial charge in [0, 0.05) is 11.4 Å². The predicted octanol–water partition coefficient (Wildman–Crippen LogP) is 3.63. The zero-order chi connectivity index (χ0) is 20.6. The zero-order valence-corrected chi connectivity index (χ0v) is 13.6. The molecule has 2 atom stereocenters. The fraction of sp³-hybridized carbons (Fsp3) is 0.294. The first-order chi connectivity index (χ1) is 12.3. The van der Waals surface area contributed by atoms with Gasteiger partial charge >= 0.3 is 12.4 Å². The molecule has 2 unspecified atom stereocenters. The summed E-state index contributed by atoms with van der Waals surface area (Å²) in [6, 6.07) is 6.70.